The zero-order chi connectivity index (χ0) is 9.52. The summed E-state index contributed by atoms with van der Waals surface area (Å²) >= 11 is 5.23. The van der Waals surface area contributed by atoms with E-state index in [2.05, 4.69) is 4.74 Å². The van der Waals surface area contributed by atoms with Crippen LogP contribution in [0.3, 0.4) is 0 Å². The molecule has 1 rings (SSSR count). The number of alkyl halides is 1. The van der Waals surface area contributed by atoms with Gasteiger partial charge in [-0.3, -0.25) is 4.79 Å². The Balaban J connectivity index is 2.45. The van der Waals surface area contributed by atoms with E-state index < -0.39 is 5.97 Å². The topological polar surface area (TPSA) is 26.3 Å². The molecule has 0 aromatic heterocycles. The Labute approximate surface area is 81.8 Å². The van der Waals surface area contributed by atoms with Gasteiger partial charge in [-0.15, -0.1) is 11.6 Å². The van der Waals surface area contributed by atoms with Gasteiger partial charge in [0.05, 0.1) is 6.26 Å². The van der Waals surface area contributed by atoms with E-state index in [1.807, 2.05) is 30.3 Å². The molecule has 13 heavy (non-hydrogen) atoms. The number of benzene rings is 1. The number of esters is 1. The highest BCUT2D eigenvalue weighted by atomic mass is 35.5. The van der Waals surface area contributed by atoms with E-state index in [-0.39, 0.29) is 5.88 Å². The van der Waals surface area contributed by atoms with Crippen LogP contribution in [0, 0.1) is 0 Å². The van der Waals surface area contributed by atoms with Crippen LogP contribution in [-0.2, 0) is 9.53 Å². The molecule has 0 amide bonds. The van der Waals surface area contributed by atoms with Crippen molar-refractivity contribution in [1.29, 1.82) is 0 Å². The van der Waals surface area contributed by atoms with Crippen LogP contribution < -0.4 is 0 Å². The Morgan fingerprint density at radius 3 is 2.69 bits per heavy atom. The molecule has 0 bridgehead atoms. The summed E-state index contributed by atoms with van der Waals surface area (Å²) in [5, 5.41) is 0. The molecule has 0 aliphatic rings. The van der Waals surface area contributed by atoms with Gasteiger partial charge in [0.25, 0.3) is 0 Å². The lowest BCUT2D eigenvalue weighted by Crippen LogP contribution is -1.99. The van der Waals surface area contributed by atoms with Gasteiger partial charge in [0.1, 0.15) is 5.88 Å². The Kier molecular flexibility index (Phi) is 4.06. The Morgan fingerprint density at radius 2 is 2.08 bits per heavy atom. The van der Waals surface area contributed by atoms with Crippen molar-refractivity contribution in [3.63, 3.8) is 0 Å². The van der Waals surface area contributed by atoms with E-state index in [4.69, 9.17) is 11.6 Å². The van der Waals surface area contributed by atoms with Crippen molar-refractivity contribution in [2.75, 3.05) is 5.88 Å². The molecular formula is C10H9ClO2. The predicted molar refractivity (Wildman–Crippen MR) is 52.3 cm³/mol. The third-order valence-corrected chi connectivity index (χ3v) is 1.59. The first-order valence-electron chi connectivity index (χ1n) is 3.80. The van der Waals surface area contributed by atoms with E-state index in [1.54, 1.807) is 6.08 Å². The van der Waals surface area contributed by atoms with Gasteiger partial charge < -0.3 is 4.74 Å². The second-order valence-electron chi connectivity index (χ2n) is 2.34. The summed E-state index contributed by atoms with van der Waals surface area (Å²) in [6.07, 6.45) is 3.03. The largest absolute Gasteiger partial charge is 0.434 e. The minimum absolute atomic E-state index is 0.126. The number of rotatable bonds is 3. The maximum Gasteiger partial charge on any atom is 0.325 e. The second kappa shape index (κ2) is 5.38. The Bertz CT molecular complexity index is 293. The lowest BCUT2D eigenvalue weighted by atomic mass is 10.2. The predicted octanol–water partition coefficient (Wildman–Crippen LogP) is 2.44. The van der Waals surface area contributed by atoms with Crippen molar-refractivity contribution in [2.24, 2.45) is 0 Å². The van der Waals surface area contributed by atoms with Crippen LogP contribution >= 0.6 is 11.6 Å². The molecule has 0 heterocycles. The van der Waals surface area contributed by atoms with Gasteiger partial charge >= 0.3 is 5.97 Å². The van der Waals surface area contributed by atoms with E-state index >= 15 is 0 Å². The van der Waals surface area contributed by atoms with Gasteiger partial charge in [0.15, 0.2) is 0 Å². The second-order valence-corrected chi connectivity index (χ2v) is 2.60. The summed E-state index contributed by atoms with van der Waals surface area (Å²) < 4.78 is 4.64. The van der Waals surface area contributed by atoms with Crippen molar-refractivity contribution < 1.29 is 9.53 Å². The highest BCUT2D eigenvalue weighted by Crippen LogP contribution is 2.00. The summed E-state index contributed by atoms with van der Waals surface area (Å²) in [6.45, 7) is 0. The standard InChI is InChI=1S/C10H9ClO2/c11-8-10(12)13-7-6-9-4-2-1-3-5-9/h1-7H,8H2. The monoisotopic (exact) mass is 196 g/mol. The smallest absolute Gasteiger partial charge is 0.325 e. The normalized spacial score (nSPS) is 10.2. The molecule has 1 aromatic rings. The van der Waals surface area contributed by atoms with Crippen molar-refractivity contribution in [2.45, 2.75) is 0 Å². The molecule has 0 aliphatic carbocycles. The van der Waals surface area contributed by atoms with Crippen LogP contribution in [-0.4, -0.2) is 11.8 Å². The maximum atomic E-state index is 10.6. The summed E-state index contributed by atoms with van der Waals surface area (Å²) in [7, 11) is 0. The minimum Gasteiger partial charge on any atom is -0.434 e. The van der Waals surface area contributed by atoms with Gasteiger partial charge in [-0.1, -0.05) is 30.3 Å². The molecule has 2 nitrogen and oxygen atoms in total. The molecule has 0 saturated heterocycles. The number of carbonyl (C=O) groups is 1. The zero-order valence-electron chi connectivity index (χ0n) is 6.94. The van der Waals surface area contributed by atoms with Crippen LogP contribution in [0.25, 0.3) is 6.08 Å². The molecule has 3 heteroatoms. The molecule has 0 unspecified atom stereocenters. The van der Waals surface area contributed by atoms with Crippen molar-refractivity contribution in [3.05, 3.63) is 42.2 Å². The SMILES string of the molecule is O=C(CCl)OC=Cc1ccccc1. The molecule has 0 N–H and O–H groups in total. The third-order valence-electron chi connectivity index (χ3n) is 1.37. The van der Waals surface area contributed by atoms with Crippen LogP contribution in [0.4, 0.5) is 0 Å². The molecule has 68 valence electrons. The van der Waals surface area contributed by atoms with Crippen molar-refractivity contribution in [3.8, 4) is 0 Å². The molecule has 0 aliphatic heterocycles. The average molecular weight is 197 g/mol. The quantitative estimate of drug-likeness (QED) is 0.422. The highest BCUT2D eigenvalue weighted by molar-refractivity contribution is 6.26. The van der Waals surface area contributed by atoms with Gasteiger partial charge in [0.2, 0.25) is 0 Å². The van der Waals surface area contributed by atoms with Crippen molar-refractivity contribution >= 4 is 23.6 Å². The molecule has 0 atom stereocenters. The fourth-order valence-electron chi connectivity index (χ4n) is 0.784. The molecule has 0 saturated carbocycles. The number of ether oxygens (including phenoxy) is 1. The van der Waals surface area contributed by atoms with E-state index in [0.29, 0.717) is 0 Å². The van der Waals surface area contributed by atoms with Gasteiger partial charge in [-0.2, -0.15) is 0 Å². The molecule has 0 spiro atoms. The molecular weight excluding hydrogens is 188 g/mol. The van der Waals surface area contributed by atoms with E-state index in [1.165, 1.54) is 6.26 Å². The van der Waals surface area contributed by atoms with E-state index in [0.717, 1.165) is 5.56 Å². The van der Waals surface area contributed by atoms with E-state index in [9.17, 15) is 4.79 Å². The first kappa shape index (κ1) is 9.81. The van der Waals surface area contributed by atoms with Crippen LogP contribution in [0.2, 0.25) is 0 Å². The highest BCUT2D eigenvalue weighted by Gasteiger charge is 1.94. The summed E-state index contributed by atoms with van der Waals surface area (Å²) in [5.74, 6) is -0.576. The van der Waals surface area contributed by atoms with Crippen LogP contribution in [0.5, 0.6) is 0 Å². The fraction of sp³-hybridized carbons (Fsp3) is 0.100. The van der Waals surface area contributed by atoms with Crippen LogP contribution in [0.1, 0.15) is 5.56 Å². The summed E-state index contributed by atoms with van der Waals surface area (Å²) in [6, 6.07) is 9.55. The average Bonchev–Trinajstić information content (AvgIpc) is 2.19. The first-order valence-corrected chi connectivity index (χ1v) is 4.33. The summed E-state index contributed by atoms with van der Waals surface area (Å²) in [5.41, 5.74) is 0.977. The molecule has 0 radical (unpaired) electrons. The third kappa shape index (κ3) is 3.76. The summed E-state index contributed by atoms with van der Waals surface area (Å²) in [4.78, 5) is 10.6. The number of halogens is 1. The lowest BCUT2D eigenvalue weighted by molar-refractivity contribution is -0.134. The van der Waals surface area contributed by atoms with Crippen LogP contribution in [0.15, 0.2) is 36.6 Å². The number of carbonyl (C=O) groups excluding carboxylic acids is 1. The maximum absolute atomic E-state index is 10.6. The molecule has 1 aromatic carbocycles. The lowest BCUT2D eigenvalue weighted by Gasteiger charge is -1.93. The zero-order valence-corrected chi connectivity index (χ0v) is 7.70. The Hall–Kier alpha value is -1.28. The number of hydrogen-bond donors (Lipinski definition) is 0. The van der Waals surface area contributed by atoms with Gasteiger partial charge in [-0.25, -0.2) is 0 Å². The van der Waals surface area contributed by atoms with Crippen molar-refractivity contribution in [1.82, 2.24) is 0 Å². The molecule has 0 fully saturated rings. The number of hydrogen-bond acceptors (Lipinski definition) is 2. The first-order chi connectivity index (χ1) is 6.33. The van der Waals surface area contributed by atoms with Gasteiger partial charge in [0, 0.05) is 0 Å². The minimum atomic E-state index is -0.450. The van der Waals surface area contributed by atoms with Gasteiger partial charge in [-0.05, 0) is 11.6 Å². The fourth-order valence-corrected chi connectivity index (χ4v) is 0.847. The Morgan fingerprint density at radius 1 is 1.38 bits per heavy atom.